The van der Waals surface area contributed by atoms with Crippen LogP contribution in [0.25, 0.3) is 0 Å². The topological polar surface area (TPSA) is 62.5 Å². The van der Waals surface area contributed by atoms with Gasteiger partial charge < -0.3 is 14.8 Å². The largest absolute Gasteiger partial charge is 0.478 e. The molecule has 2 N–H and O–H groups in total. The van der Waals surface area contributed by atoms with E-state index in [-0.39, 0.29) is 10.6 Å². The number of carbonyl (C=O) groups is 1. The SMILES string of the molecule is CCc1ccc(CNc2ccc(Cl)c(C(=O)O)c2)o1. The fraction of sp³-hybridized carbons (Fsp3) is 0.214. The van der Waals surface area contributed by atoms with E-state index in [1.54, 1.807) is 12.1 Å². The van der Waals surface area contributed by atoms with Crippen LogP contribution in [-0.4, -0.2) is 11.1 Å². The molecular formula is C14H14ClNO3. The number of furan rings is 1. The third-order valence-electron chi connectivity index (χ3n) is 2.73. The van der Waals surface area contributed by atoms with Gasteiger partial charge in [0.15, 0.2) is 0 Å². The maximum atomic E-state index is 11.0. The van der Waals surface area contributed by atoms with Gasteiger partial charge in [-0.15, -0.1) is 0 Å². The number of hydrogen-bond acceptors (Lipinski definition) is 3. The molecule has 1 aromatic heterocycles. The molecule has 0 saturated carbocycles. The number of aromatic carboxylic acids is 1. The Hall–Kier alpha value is -1.94. The smallest absolute Gasteiger partial charge is 0.337 e. The first kappa shape index (κ1) is 13.5. The minimum absolute atomic E-state index is 0.0837. The number of nitrogens with one attached hydrogen (secondary N) is 1. The summed E-state index contributed by atoms with van der Waals surface area (Å²) < 4.78 is 5.55. The fourth-order valence-corrected chi connectivity index (χ4v) is 1.89. The second kappa shape index (κ2) is 5.80. The zero-order valence-electron chi connectivity index (χ0n) is 10.4. The zero-order chi connectivity index (χ0) is 13.8. The van der Waals surface area contributed by atoms with E-state index in [1.165, 1.54) is 6.07 Å². The predicted molar refractivity (Wildman–Crippen MR) is 73.8 cm³/mol. The molecular weight excluding hydrogens is 266 g/mol. The van der Waals surface area contributed by atoms with Gasteiger partial charge in [-0.05, 0) is 30.3 Å². The highest BCUT2D eigenvalue weighted by Crippen LogP contribution is 2.21. The molecule has 1 aromatic carbocycles. The molecule has 0 unspecified atom stereocenters. The van der Waals surface area contributed by atoms with Crippen molar-refractivity contribution < 1.29 is 14.3 Å². The van der Waals surface area contributed by atoms with Crippen LogP contribution in [0, 0.1) is 0 Å². The molecule has 0 amide bonds. The van der Waals surface area contributed by atoms with E-state index >= 15 is 0 Å². The molecule has 0 spiro atoms. The van der Waals surface area contributed by atoms with Gasteiger partial charge in [0, 0.05) is 12.1 Å². The minimum atomic E-state index is -1.04. The Kier molecular flexibility index (Phi) is 4.12. The summed E-state index contributed by atoms with van der Waals surface area (Å²) in [6, 6.07) is 8.64. The average Bonchev–Trinajstić information content (AvgIpc) is 2.85. The van der Waals surface area contributed by atoms with E-state index in [1.807, 2.05) is 19.1 Å². The molecule has 0 atom stereocenters. The van der Waals surface area contributed by atoms with Crippen LogP contribution in [0.1, 0.15) is 28.8 Å². The molecule has 19 heavy (non-hydrogen) atoms. The van der Waals surface area contributed by atoms with Gasteiger partial charge in [-0.1, -0.05) is 18.5 Å². The van der Waals surface area contributed by atoms with Gasteiger partial charge in [-0.2, -0.15) is 0 Å². The first-order valence-electron chi connectivity index (χ1n) is 5.94. The Balaban J connectivity index is 2.07. The number of anilines is 1. The summed E-state index contributed by atoms with van der Waals surface area (Å²) in [5.74, 6) is 0.697. The Morgan fingerprint density at radius 2 is 2.05 bits per heavy atom. The highest BCUT2D eigenvalue weighted by Gasteiger charge is 2.09. The number of carboxylic acids is 1. The highest BCUT2D eigenvalue weighted by atomic mass is 35.5. The van der Waals surface area contributed by atoms with Crippen molar-refractivity contribution in [3.05, 3.63) is 52.4 Å². The quantitative estimate of drug-likeness (QED) is 0.874. The van der Waals surface area contributed by atoms with E-state index < -0.39 is 5.97 Å². The third-order valence-corrected chi connectivity index (χ3v) is 3.06. The van der Waals surface area contributed by atoms with Gasteiger partial charge in [0.25, 0.3) is 0 Å². The maximum absolute atomic E-state index is 11.0. The molecule has 0 bridgehead atoms. The van der Waals surface area contributed by atoms with Crippen LogP contribution >= 0.6 is 11.6 Å². The van der Waals surface area contributed by atoms with Crippen molar-refractivity contribution in [1.82, 2.24) is 0 Å². The highest BCUT2D eigenvalue weighted by molar-refractivity contribution is 6.33. The van der Waals surface area contributed by atoms with E-state index in [0.29, 0.717) is 12.2 Å². The molecule has 0 fully saturated rings. The Morgan fingerprint density at radius 3 is 2.68 bits per heavy atom. The predicted octanol–water partition coefficient (Wildman–Crippen LogP) is 3.81. The minimum Gasteiger partial charge on any atom is -0.478 e. The summed E-state index contributed by atoms with van der Waals surface area (Å²) >= 11 is 5.80. The summed E-state index contributed by atoms with van der Waals surface area (Å²) in [4.78, 5) is 11.0. The monoisotopic (exact) mass is 279 g/mol. The van der Waals surface area contributed by atoms with Crippen LogP contribution in [0.4, 0.5) is 5.69 Å². The average molecular weight is 280 g/mol. The molecule has 5 heteroatoms. The number of aryl methyl sites for hydroxylation is 1. The second-order valence-electron chi connectivity index (χ2n) is 4.07. The summed E-state index contributed by atoms with van der Waals surface area (Å²) in [6.07, 6.45) is 0.851. The molecule has 0 aliphatic heterocycles. The van der Waals surface area contributed by atoms with Crippen molar-refractivity contribution in [1.29, 1.82) is 0 Å². The van der Waals surface area contributed by atoms with Crippen molar-refractivity contribution in [3.8, 4) is 0 Å². The normalized spacial score (nSPS) is 10.4. The Morgan fingerprint density at radius 1 is 1.32 bits per heavy atom. The van der Waals surface area contributed by atoms with E-state index in [2.05, 4.69) is 5.32 Å². The number of benzene rings is 1. The number of rotatable bonds is 5. The molecule has 0 saturated heterocycles. The van der Waals surface area contributed by atoms with E-state index in [9.17, 15) is 4.79 Å². The first-order chi connectivity index (χ1) is 9.10. The first-order valence-corrected chi connectivity index (χ1v) is 6.32. The number of hydrogen-bond donors (Lipinski definition) is 2. The molecule has 2 rings (SSSR count). The second-order valence-corrected chi connectivity index (χ2v) is 4.48. The van der Waals surface area contributed by atoms with Crippen LogP contribution in [0.5, 0.6) is 0 Å². The van der Waals surface area contributed by atoms with Gasteiger partial charge in [0.1, 0.15) is 11.5 Å². The summed E-state index contributed by atoms with van der Waals surface area (Å²) in [5.41, 5.74) is 0.775. The van der Waals surface area contributed by atoms with Gasteiger partial charge in [0.2, 0.25) is 0 Å². The van der Waals surface area contributed by atoms with E-state index in [0.717, 1.165) is 17.9 Å². The van der Waals surface area contributed by atoms with Gasteiger partial charge >= 0.3 is 5.97 Å². The molecule has 0 aliphatic rings. The summed E-state index contributed by atoms with van der Waals surface area (Å²) in [6.45, 7) is 2.52. The fourth-order valence-electron chi connectivity index (χ4n) is 1.70. The lowest BCUT2D eigenvalue weighted by Crippen LogP contribution is -2.02. The zero-order valence-corrected chi connectivity index (χ0v) is 11.2. The van der Waals surface area contributed by atoms with Crippen LogP contribution in [-0.2, 0) is 13.0 Å². The molecule has 0 aliphatic carbocycles. The van der Waals surface area contributed by atoms with Crippen molar-refractivity contribution in [3.63, 3.8) is 0 Å². The van der Waals surface area contributed by atoms with Crippen molar-refractivity contribution in [2.75, 3.05) is 5.32 Å². The van der Waals surface area contributed by atoms with Crippen molar-refractivity contribution in [2.24, 2.45) is 0 Å². The van der Waals surface area contributed by atoms with Crippen LogP contribution in [0.2, 0.25) is 5.02 Å². The lowest BCUT2D eigenvalue weighted by Gasteiger charge is -2.06. The van der Waals surface area contributed by atoms with Crippen molar-refractivity contribution >= 4 is 23.3 Å². The lowest BCUT2D eigenvalue weighted by atomic mass is 10.2. The van der Waals surface area contributed by atoms with Gasteiger partial charge in [-0.25, -0.2) is 4.79 Å². The maximum Gasteiger partial charge on any atom is 0.337 e. The van der Waals surface area contributed by atoms with Crippen LogP contribution < -0.4 is 5.32 Å². The Labute approximate surface area is 116 Å². The molecule has 100 valence electrons. The van der Waals surface area contributed by atoms with Gasteiger partial charge in [-0.3, -0.25) is 0 Å². The third kappa shape index (κ3) is 3.29. The number of halogens is 1. The number of carboxylic acid groups (broad SMARTS) is 1. The Bertz CT molecular complexity index is 592. The van der Waals surface area contributed by atoms with Gasteiger partial charge in [0.05, 0.1) is 17.1 Å². The molecule has 2 aromatic rings. The summed E-state index contributed by atoms with van der Waals surface area (Å²) in [5, 5.41) is 12.3. The van der Waals surface area contributed by atoms with Crippen LogP contribution in [0.3, 0.4) is 0 Å². The standard InChI is InChI=1S/C14H14ClNO3/c1-2-10-4-5-11(19-10)8-16-9-3-6-13(15)12(7-9)14(17)18/h3-7,16H,2,8H2,1H3,(H,17,18). The molecule has 4 nitrogen and oxygen atoms in total. The molecule has 1 heterocycles. The van der Waals surface area contributed by atoms with E-state index in [4.69, 9.17) is 21.1 Å². The molecule has 0 radical (unpaired) electrons. The van der Waals surface area contributed by atoms with Crippen molar-refractivity contribution in [2.45, 2.75) is 19.9 Å². The van der Waals surface area contributed by atoms with Crippen LogP contribution in [0.15, 0.2) is 34.7 Å². The lowest BCUT2D eigenvalue weighted by molar-refractivity contribution is 0.0697. The summed E-state index contributed by atoms with van der Waals surface area (Å²) in [7, 11) is 0.